The van der Waals surface area contributed by atoms with Gasteiger partial charge < -0.3 is 14.8 Å². The van der Waals surface area contributed by atoms with Gasteiger partial charge in [-0.1, -0.05) is 35.9 Å². The number of carbonyl (C=O) groups excluding carboxylic acids is 1. The van der Waals surface area contributed by atoms with Gasteiger partial charge in [0.25, 0.3) is 0 Å². The average Bonchev–Trinajstić information content (AvgIpc) is 2.79. The number of allylic oxidation sites excluding steroid dienone is 4. The first-order valence-corrected chi connectivity index (χ1v) is 10.2. The summed E-state index contributed by atoms with van der Waals surface area (Å²) < 4.78 is 46.3. The Hall–Kier alpha value is -3.72. The van der Waals surface area contributed by atoms with Crippen LogP contribution in [0.4, 0.5) is 24.5 Å². The molecule has 0 unspecified atom stereocenters. The van der Waals surface area contributed by atoms with Crippen LogP contribution in [0.3, 0.4) is 0 Å². The van der Waals surface area contributed by atoms with E-state index in [1.54, 1.807) is 29.3 Å². The number of nitrogens with one attached hydrogen (secondary N) is 1. The zero-order valence-corrected chi connectivity index (χ0v) is 17.7. The van der Waals surface area contributed by atoms with E-state index in [1.165, 1.54) is 18.4 Å². The van der Waals surface area contributed by atoms with Crippen LogP contribution in [-0.2, 0) is 9.53 Å². The summed E-state index contributed by atoms with van der Waals surface area (Å²) in [4.78, 5) is 12.7. The lowest BCUT2D eigenvalue weighted by Gasteiger charge is -2.28. The Labute approximate surface area is 192 Å². The molecule has 6 nitrogen and oxygen atoms in total. The first-order valence-electron chi connectivity index (χ1n) is 9.83. The Morgan fingerprint density at radius 1 is 1.18 bits per heavy atom. The fourth-order valence-corrected chi connectivity index (χ4v) is 3.37. The summed E-state index contributed by atoms with van der Waals surface area (Å²) in [5, 5.41) is 8.97. The fourth-order valence-electron chi connectivity index (χ4n) is 3.19. The van der Waals surface area contributed by atoms with E-state index in [1.807, 2.05) is 18.2 Å². The maximum Gasteiger partial charge on any atom is 0.573 e. The lowest BCUT2D eigenvalue weighted by atomic mass is 10.0. The van der Waals surface area contributed by atoms with Crippen molar-refractivity contribution in [1.29, 1.82) is 0 Å². The molecular formula is C23H17ClF3N3O3. The van der Waals surface area contributed by atoms with Gasteiger partial charge >= 0.3 is 18.2 Å². The van der Waals surface area contributed by atoms with Gasteiger partial charge in [-0.15, -0.1) is 18.3 Å². The largest absolute Gasteiger partial charge is 0.573 e. The molecule has 0 bridgehead atoms. The lowest BCUT2D eigenvalue weighted by Crippen LogP contribution is -2.32. The van der Waals surface area contributed by atoms with Crippen LogP contribution in [0.2, 0.25) is 5.02 Å². The van der Waals surface area contributed by atoms with Crippen molar-refractivity contribution in [3.8, 4) is 5.75 Å². The highest BCUT2D eigenvalue weighted by Crippen LogP contribution is 2.32. The van der Waals surface area contributed by atoms with Crippen molar-refractivity contribution in [2.24, 2.45) is 5.10 Å². The van der Waals surface area contributed by atoms with Gasteiger partial charge in [-0.05, 0) is 60.9 Å². The second kappa shape index (κ2) is 9.41. The Kier molecular flexibility index (Phi) is 6.41. The maximum absolute atomic E-state index is 12.7. The zero-order valence-electron chi connectivity index (χ0n) is 17.0. The monoisotopic (exact) mass is 475 g/mol. The van der Waals surface area contributed by atoms with E-state index in [2.05, 4.69) is 15.2 Å². The summed E-state index contributed by atoms with van der Waals surface area (Å²) in [5.41, 5.74) is 2.50. The number of hydrogen-bond acceptors (Lipinski definition) is 5. The number of hydrogen-bond donors (Lipinski definition) is 1. The van der Waals surface area contributed by atoms with Crippen molar-refractivity contribution >= 4 is 34.8 Å². The molecule has 0 radical (unpaired) electrons. The predicted molar refractivity (Wildman–Crippen MR) is 119 cm³/mol. The molecule has 1 aliphatic heterocycles. The molecule has 0 saturated carbocycles. The normalized spacial score (nSPS) is 15.8. The molecule has 0 spiro atoms. The van der Waals surface area contributed by atoms with E-state index in [9.17, 15) is 18.0 Å². The number of carbonyl (C=O) groups is 1. The molecule has 1 heterocycles. The van der Waals surface area contributed by atoms with Gasteiger partial charge in [-0.2, -0.15) is 0 Å². The number of alkyl halides is 3. The summed E-state index contributed by atoms with van der Waals surface area (Å²) in [5.74, 6) is -1.33. The third-order valence-corrected chi connectivity index (χ3v) is 4.87. The minimum Gasteiger partial charge on any atom is -0.439 e. The van der Waals surface area contributed by atoms with Crippen LogP contribution in [0.15, 0.2) is 89.4 Å². The molecule has 1 amide bonds. The Morgan fingerprint density at radius 2 is 1.97 bits per heavy atom. The van der Waals surface area contributed by atoms with Crippen LogP contribution in [0.25, 0.3) is 0 Å². The summed E-state index contributed by atoms with van der Waals surface area (Å²) in [6.07, 6.45) is 4.20. The summed E-state index contributed by atoms with van der Waals surface area (Å²) in [6, 6.07) is 11.7. The second-order valence-corrected chi connectivity index (χ2v) is 7.44. The predicted octanol–water partition coefficient (Wildman–Crippen LogP) is 6.15. The van der Waals surface area contributed by atoms with E-state index in [0.717, 1.165) is 30.5 Å². The van der Waals surface area contributed by atoms with E-state index in [4.69, 9.17) is 16.3 Å². The SMILES string of the molecule is O=C(Nc1ccc(OC(F)(F)F)cc1)C1=NN(c2cccc(Cl)c2)C(C2=CC=CCC2)=CO1. The van der Waals surface area contributed by atoms with Gasteiger partial charge in [-0.3, -0.25) is 4.79 Å². The van der Waals surface area contributed by atoms with Crippen molar-refractivity contribution in [3.05, 3.63) is 89.3 Å². The Morgan fingerprint density at radius 3 is 2.64 bits per heavy atom. The summed E-state index contributed by atoms with van der Waals surface area (Å²) in [7, 11) is 0. The number of amides is 1. The molecule has 2 aliphatic rings. The van der Waals surface area contributed by atoms with Gasteiger partial charge in [0, 0.05) is 10.7 Å². The van der Waals surface area contributed by atoms with Crippen LogP contribution in [0, 0.1) is 0 Å². The van der Waals surface area contributed by atoms with E-state index in [-0.39, 0.29) is 11.6 Å². The standard InChI is InChI=1S/C23H17ClF3N3O3/c24-16-7-4-8-18(13-16)30-20(15-5-2-1-3-6-15)14-32-22(29-30)21(31)28-17-9-11-19(12-10-17)33-23(25,26)27/h1-2,4-5,7-14H,3,6H2,(H,28,31). The number of halogens is 4. The zero-order chi connectivity index (χ0) is 23.4. The number of ether oxygens (including phenoxy) is 2. The van der Waals surface area contributed by atoms with Crippen LogP contribution >= 0.6 is 11.6 Å². The van der Waals surface area contributed by atoms with Gasteiger partial charge in [0.2, 0.25) is 0 Å². The lowest BCUT2D eigenvalue weighted by molar-refractivity contribution is -0.274. The average molecular weight is 476 g/mol. The Bertz CT molecular complexity index is 1170. The molecule has 4 rings (SSSR count). The van der Waals surface area contributed by atoms with E-state index in [0.29, 0.717) is 16.4 Å². The fraction of sp³-hybridized carbons (Fsp3) is 0.130. The second-order valence-electron chi connectivity index (χ2n) is 7.00. The van der Waals surface area contributed by atoms with Gasteiger partial charge in [-0.25, -0.2) is 5.01 Å². The highest BCUT2D eigenvalue weighted by molar-refractivity contribution is 6.40. The van der Waals surface area contributed by atoms with Crippen molar-refractivity contribution in [2.45, 2.75) is 19.2 Å². The van der Waals surface area contributed by atoms with Gasteiger partial charge in [0.1, 0.15) is 17.7 Å². The molecule has 1 aliphatic carbocycles. The third-order valence-electron chi connectivity index (χ3n) is 4.64. The van der Waals surface area contributed by atoms with E-state index < -0.39 is 18.0 Å². The van der Waals surface area contributed by atoms with Crippen LogP contribution in [-0.4, -0.2) is 18.2 Å². The Balaban J connectivity index is 1.55. The quantitative estimate of drug-likeness (QED) is 0.563. The molecule has 2 aromatic rings. The highest BCUT2D eigenvalue weighted by atomic mass is 35.5. The molecule has 170 valence electrons. The van der Waals surface area contributed by atoms with Gasteiger partial charge in [0.15, 0.2) is 0 Å². The molecule has 2 aromatic carbocycles. The van der Waals surface area contributed by atoms with Gasteiger partial charge in [0.05, 0.1) is 5.69 Å². The third kappa shape index (κ3) is 5.75. The molecule has 1 N–H and O–H groups in total. The number of nitrogens with zero attached hydrogens (tertiary/aromatic N) is 2. The van der Waals surface area contributed by atoms with Crippen LogP contribution in [0.5, 0.6) is 5.75 Å². The number of anilines is 2. The molecule has 0 saturated heterocycles. The highest BCUT2D eigenvalue weighted by Gasteiger charge is 2.31. The summed E-state index contributed by atoms with van der Waals surface area (Å²) >= 11 is 6.15. The smallest absolute Gasteiger partial charge is 0.439 e. The topological polar surface area (TPSA) is 63.2 Å². The molecule has 0 atom stereocenters. The molecule has 0 aromatic heterocycles. The van der Waals surface area contributed by atoms with Crippen molar-refractivity contribution in [2.75, 3.05) is 10.3 Å². The van der Waals surface area contributed by atoms with Crippen molar-refractivity contribution in [1.82, 2.24) is 0 Å². The number of hydrazone groups is 1. The maximum atomic E-state index is 12.7. The van der Waals surface area contributed by atoms with Crippen molar-refractivity contribution < 1.29 is 27.4 Å². The van der Waals surface area contributed by atoms with Crippen molar-refractivity contribution in [3.63, 3.8) is 0 Å². The molecule has 33 heavy (non-hydrogen) atoms. The minimum absolute atomic E-state index is 0.241. The van der Waals surface area contributed by atoms with Crippen LogP contribution < -0.4 is 15.1 Å². The van der Waals surface area contributed by atoms with Crippen LogP contribution in [0.1, 0.15) is 12.8 Å². The summed E-state index contributed by atoms with van der Waals surface area (Å²) in [6.45, 7) is 0. The molecular weight excluding hydrogens is 459 g/mol. The van der Waals surface area contributed by atoms with E-state index >= 15 is 0 Å². The molecule has 0 fully saturated rings. The number of benzene rings is 2. The minimum atomic E-state index is -4.80. The number of rotatable bonds is 5. The molecule has 10 heteroatoms. The first-order chi connectivity index (χ1) is 15.8. The first kappa shape index (κ1) is 22.5.